The van der Waals surface area contributed by atoms with Gasteiger partial charge in [-0.25, -0.2) is 4.79 Å². The van der Waals surface area contributed by atoms with Crippen LogP contribution in [-0.2, 0) is 24.0 Å². The molecule has 0 atom stereocenters. The molecule has 0 bridgehead atoms. The van der Waals surface area contributed by atoms with Crippen LogP contribution in [0.1, 0.15) is 15.9 Å². The van der Waals surface area contributed by atoms with Gasteiger partial charge in [-0.15, -0.1) is 0 Å². The largest absolute Gasteiger partial charge is 0.394 e. The van der Waals surface area contributed by atoms with E-state index in [0.29, 0.717) is 5.56 Å². The van der Waals surface area contributed by atoms with Crippen molar-refractivity contribution < 1.29 is 38.6 Å². The Labute approximate surface area is 95.7 Å². The standard InChI is InChI=1S/C8H9O4P.Zn/c1-6-2-4-7(5-3-6)8(9)12-13(10)11;/h2-5,10-11H,1H3;. The normalized spacial score (nSPS) is 9.43. The van der Waals surface area contributed by atoms with Crippen molar-refractivity contribution in [2.24, 2.45) is 0 Å². The van der Waals surface area contributed by atoms with Crippen molar-refractivity contribution in [3.05, 3.63) is 35.4 Å². The average molecular weight is 266 g/mol. The van der Waals surface area contributed by atoms with Crippen LogP contribution in [0.5, 0.6) is 0 Å². The third-order valence-corrected chi connectivity index (χ3v) is 1.78. The summed E-state index contributed by atoms with van der Waals surface area (Å²) in [7, 11) is -2.62. The summed E-state index contributed by atoms with van der Waals surface area (Å²) in [5.74, 6) is -0.726. The zero-order chi connectivity index (χ0) is 9.84. The minimum absolute atomic E-state index is 0. The summed E-state index contributed by atoms with van der Waals surface area (Å²) < 4.78 is 4.21. The van der Waals surface area contributed by atoms with Crippen molar-refractivity contribution in [3.63, 3.8) is 0 Å². The van der Waals surface area contributed by atoms with Crippen molar-refractivity contribution in [1.82, 2.24) is 0 Å². The Morgan fingerprint density at radius 3 is 2.21 bits per heavy atom. The van der Waals surface area contributed by atoms with Gasteiger partial charge in [0.1, 0.15) is 0 Å². The van der Waals surface area contributed by atoms with Crippen LogP contribution in [0, 0.1) is 6.92 Å². The van der Waals surface area contributed by atoms with Crippen LogP contribution in [0.4, 0.5) is 0 Å². The van der Waals surface area contributed by atoms with Crippen LogP contribution in [0.3, 0.4) is 0 Å². The third kappa shape index (κ3) is 4.25. The van der Waals surface area contributed by atoms with Gasteiger partial charge in [-0.3, -0.25) is 0 Å². The maximum Gasteiger partial charge on any atom is 0.394 e. The summed E-state index contributed by atoms with van der Waals surface area (Å²) >= 11 is 0. The van der Waals surface area contributed by atoms with Gasteiger partial charge in [-0.1, -0.05) is 17.7 Å². The molecule has 0 spiro atoms. The average Bonchev–Trinajstić information content (AvgIpc) is 2.04. The van der Waals surface area contributed by atoms with Gasteiger partial charge in [0.05, 0.1) is 5.56 Å². The first-order valence-electron chi connectivity index (χ1n) is 3.56. The minimum atomic E-state index is -2.62. The molecule has 0 aliphatic rings. The first-order valence-corrected chi connectivity index (χ1v) is 4.73. The fraction of sp³-hybridized carbons (Fsp3) is 0.125. The summed E-state index contributed by atoms with van der Waals surface area (Å²) in [5, 5.41) is 0. The number of aryl methyl sites for hydroxylation is 1. The maximum absolute atomic E-state index is 11.0. The van der Waals surface area contributed by atoms with E-state index in [4.69, 9.17) is 9.79 Å². The number of carbonyl (C=O) groups excluding carboxylic acids is 1. The van der Waals surface area contributed by atoms with E-state index >= 15 is 0 Å². The van der Waals surface area contributed by atoms with Crippen molar-refractivity contribution in [3.8, 4) is 0 Å². The van der Waals surface area contributed by atoms with Gasteiger partial charge in [0.15, 0.2) is 0 Å². The van der Waals surface area contributed by atoms with E-state index in [1.54, 1.807) is 24.3 Å². The molecule has 0 aliphatic carbocycles. The van der Waals surface area contributed by atoms with Gasteiger partial charge < -0.3 is 14.3 Å². The molecule has 4 nitrogen and oxygen atoms in total. The molecule has 0 heterocycles. The van der Waals surface area contributed by atoms with Gasteiger partial charge in [-0.2, -0.15) is 0 Å². The van der Waals surface area contributed by atoms with Crippen LogP contribution in [0.25, 0.3) is 0 Å². The predicted molar refractivity (Wildman–Crippen MR) is 48.0 cm³/mol. The van der Waals surface area contributed by atoms with Crippen LogP contribution in [-0.4, -0.2) is 15.8 Å². The van der Waals surface area contributed by atoms with Crippen molar-refractivity contribution >= 4 is 14.6 Å². The first-order chi connectivity index (χ1) is 6.09. The Morgan fingerprint density at radius 1 is 1.29 bits per heavy atom. The fourth-order valence-corrected chi connectivity index (χ4v) is 1.07. The topological polar surface area (TPSA) is 66.8 Å². The second-order valence-corrected chi connectivity index (χ2v) is 3.19. The number of hydrogen-bond acceptors (Lipinski definition) is 4. The molecule has 0 saturated carbocycles. The molecule has 0 aromatic heterocycles. The SMILES string of the molecule is Cc1ccc(C(=O)OP(O)O)cc1.[Zn]. The van der Waals surface area contributed by atoms with E-state index in [0.717, 1.165) is 5.56 Å². The number of benzene rings is 1. The second-order valence-electron chi connectivity index (χ2n) is 2.50. The fourth-order valence-electron chi connectivity index (χ4n) is 0.817. The van der Waals surface area contributed by atoms with Gasteiger partial charge in [0.25, 0.3) is 0 Å². The summed E-state index contributed by atoms with van der Waals surface area (Å²) in [6.07, 6.45) is 0. The van der Waals surface area contributed by atoms with Crippen LogP contribution in [0.2, 0.25) is 0 Å². The molecule has 1 aromatic rings. The van der Waals surface area contributed by atoms with E-state index < -0.39 is 14.6 Å². The molecule has 0 saturated heterocycles. The zero-order valence-corrected chi connectivity index (χ0v) is 11.5. The van der Waals surface area contributed by atoms with Crippen LogP contribution >= 0.6 is 8.60 Å². The Bertz CT molecular complexity index is 299. The molecule has 2 N–H and O–H groups in total. The molecule has 1 aromatic carbocycles. The summed E-state index contributed by atoms with van der Waals surface area (Å²) in [4.78, 5) is 27.9. The second kappa shape index (κ2) is 6.20. The number of carbonyl (C=O) groups is 1. The number of rotatable bonds is 2. The van der Waals surface area contributed by atoms with E-state index in [2.05, 4.69) is 4.52 Å². The first kappa shape index (κ1) is 13.7. The molecule has 0 fully saturated rings. The third-order valence-electron chi connectivity index (χ3n) is 1.45. The smallest absolute Gasteiger partial charge is 0.391 e. The molecule has 1 rings (SSSR count). The van der Waals surface area contributed by atoms with Crippen molar-refractivity contribution in [2.45, 2.75) is 6.92 Å². The number of hydrogen-bond donors (Lipinski definition) is 2. The molecule has 0 radical (unpaired) electrons. The van der Waals surface area contributed by atoms with Crippen molar-refractivity contribution in [2.75, 3.05) is 0 Å². The summed E-state index contributed by atoms with van der Waals surface area (Å²) in [6, 6.07) is 6.62. The van der Waals surface area contributed by atoms with Gasteiger partial charge in [-0.05, 0) is 19.1 Å². The Kier molecular flexibility index (Phi) is 6.05. The van der Waals surface area contributed by atoms with E-state index in [-0.39, 0.29) is 19.5 Å². The monoisotopic (exact) mass is 264 g/mol. The molecule has 0 aliphatic heterocycles. The predicted octanol–water partition coefficient (Wildman–Crippen LogP) is 1.36. The Hall–Kier alpha value is -0.337. The quantitative estimate of drug-likeness (QED) is 0.626. The Morgan fingerprint density at radius 2 is 1.79 bits per heavy atom. The van der Waals surface area contributed by atoms with E-state index in [9.17, 15) is 4.79 Å². The summed E-state index contributed by atoms with van der Waals surface area (Å²) in [5.41, 5.74) is 1.33. The Balaban J connectivity index is 0.00000169. The molecular formula is C8H9O4PZn. The molecule has 6 heteroatoms. The van der Waals surface area contributed by atoms with Crippen molar-refractivity contribution in [1.29, 1.82) is 0 Å². The van der Waals surface area contributed by atoms with Gasteiger partial charge >= 0.3 is 14.6 Å². The molecule has 0 amide bonds. The minimum Gasteiger partial charge on any atom is -0.391 e. The molecular weight excluding hydrogens is 256 g/mol. The maximum atomic E-state index is 11.0. The molecule has 72 valence electrons. The summed E-state index contributed by atoms with van der Waals surface area (Å²) in [6.45, 7) is 1.89. The molecule has 0 unspecified atom stereocenters. The van der Waals surface area contributed by atoms with E-state index in [1.807, 2.05) is 6.92 Å². The van der Waals surface area contributed by atoms with Gasteiger partial charge in [0, 0.05) is 19.5 Å². The molecule has 14 heavy (non-hydrogen) atoms. The van der Waals surface area contributed by atoms with E-state index in [1.165, 1.54) is 0 Å². The zero-order valence-electron chi connectivity index (χ0n) is 7.67. The van der Waals surface area contributed by atoms with Crippen LogP contribution < -0.4 is 0 Å². The van der Waals surface area contributed by atoms with Gasteiger partial charge in [0.2, 0.25) is 0 Å². The van der Waals surface area contributed by atoms with Crippen LogP contribution in [0.15, 0.2) is 24.3 Å².